The van der Waals surface area contributed by atoms with E-state index >= 15 is 0 Å². The van der Waals surface area contributed by atoms with E-state index in [0.717, 1.165) is 0 Å². The summed E-state index contributed by atoms with van der Waals surface area (Å²) in [7, 11) is 0. The molecule has 3 aromatic rings. The lowest BCUT2D eigenvalue weighted by atomic mass is 10.2. The lowest BCUT2D eigenvalue weighted by Gasteiger charge is -2.10. The van der Waals surface area contributed by atoms with Gasteiger partial charge in [-0.2, -0.15) is 0 Å². The van der Waals surface area contributed by atoms with E-state index < -0.39 is 11.4 Å². The van der Waals surface area contributed by atoms with Crippen LogP contribution >= 0.6 is 11.3 Å². The van der Waals surface area contributed by atoms with Gasteiger partial charge in [-0.25, -0.2) is 14.8 Å². The van der Waals surface area contributed by atoms with Crippen LogP contribution in [0, 0.1) is 0 Å². The monoisotopic (exact) mass is 327 g/mol. The molecule has 0 atom stereocenters. The largest absolute Gasteiger partial charge is 0.462 e. The van der Waals surface area contributed by atoms with Gasteiger partial charge in [0.2, 0.25) is 5.43 Å². The third kappa shape index (κ3) is 2.66. The van der Waals surface area contributed by atoms with Crippen molar-refractivity contribution in [3.05, 3.63) is 58.0 Å². The molecule has 0 saturated carbocycles. The van der Waals surface area contributed by atoms with Crippen molar-refractivity contribution < 1.29 is 9.53 Å². The quantitative estimate of drug-likeness (QED) is 0.689. The van der Waals surface area contributed by atoms with Crippen molar-refractivity contribution in [1.29, 1.82) is 0 Å². The molecule has 0 aliphatic carbocycles. The molecule has 0 N–H and O–H groups in total. The second-order valence-corrected chi connectivity index (χ2v) is 5.46. The van der Waals surface area contributed by atoms with Crippen molar-refractivity contribution in [2.24, 2.45) is 0 Å². The zero-order valence-electron chi connectivity index (χ0n) is 12.4. The number of esters is 1. The molecule has 0 fully saturated rings. The van der Waals surface area contributed by atoms with Gasteiger partial charge in [-0.15, -0.1) is 11.3 Å². The van der Waals surface area contributed by atoms with Crippen LogP contribution in [-0.4, -0.2) is 27.1 Å². The topological polar surface area (TPSA) is 74.1 Å². The van der Waals surface area contributed by atoms with Crippen LogP contribution in [0.1, 0.15) is 23.0 Å². The number of nitrogens with zero attached hydrogens (tertiary/aromatic N) is 3. The molecule has 0 spiro atoms. The Morgan fingerprint density at radius 1 is 1.48 bits per heavy atom. The summed E-state index contributed by atoms with van der Waals surface area (Å²) in [6, 6.07) is 3.31. The predicted octanol–water partition coefficient (Wildman–Crippen LogP) is 2.66. The number of hydrogen-bond donors (Lipinski definition) is 0. The number of carbonyl (C=O) groups is 1. The number of rotatable bonds is 4. The van der Waals surface area contributed by atoms with Crippen molar-refractivity contribution in [3.8, 4) is 5.13 Å². The molecule has 0 radical (unpaired) electrons. The van der Waals surface area contributed by atoms with Gasteiger partial charge in [0, 0.05) is 17.8 Å². The smallest absolute Gasteiger partial charge is 0.343 e. The highest BCUT2D eigenvalue weighted by Crippen LogP contribution is 2.19. The first kappa shape index (κ1) is 15.1. The molecule has 0 aliphatic rings. The first-order valence-corrected chi connectivity index (χ1v) is 7.79. The fourth-order valence-electron chi connectivity index (χ4n) is 2.17. The normalized spacial score (nSPS) is 10.7. The van der Waals surface area contributed by atoms with Gasteiger partial charge < -0.3 is 4.74 Å². The van der Waals surface area contributed by atoms with Crippen LogP contribution < -0.4 is 5.43 Å². The lowest BCUT2D eigenvalue weighted by molar-refractivity contribution is 0.0524. The predicted molar refractivity (Wildman–Crippen MR) is 89.1 cm³/mol. The van der Waals surface area contributed by atoms with Crippen LogP contribution in [0.3, 0.4) is 0 Å². The van der Waals surface area contributed by atoms with Crippen molar-refractivity contribution in [2.75, 3.05) is 6.61 Å². The van der Waals surface area contributed by atoms with Crippen molar-refractivity contribution in [2.45, 2.75) is 6.92 Å². The zero-order chi connectivity index (χ0) is 16.4. The highest BCUT2D eigenvalue weighted by atomic mass is 32.1. The standard InChI is InChI=1S/C16H13N3O3S/c1-3-10-5-6-11-13(20)12(15(21)22-4-2)9-19(14(11)18-10)16-17-7-8-23-16/h3,5-9H,1,4H2,2H3. The second kappa shape index (κ2) is 6.13. The molecule has 7 heteroatoms. The average molecular weight is 327 g/mol. The molecule has 3 aromatic heterocycles. The molecule has 0 saturated heterocycles. The molecule has 0 amide bonds. The maximum atomic E-state index is 12.6. The SMILES string of the molecule is C=Cc1ccc2c(=O)c(C(=O)OCC)cn(-c3nccs3)c2n1. The summed E-state index contributed by atoms with van der Waals surface area (Å²) in [6.45, 7) is 5.57. The molecule has 116 valence electrons. The van der Waals surface area contributed by atoms with Crippen molar-refractivity contribution in [1.82, 2.24) is 14.5 Å². The van der Waals surface area contributed by atoms with Gasteiger partial charge in [0.1, 0.15) is 5.56 Å². The third-order valence-electron chi connectivity index (χ3n) is 3.20. The number of fused-ring (bicyclic) bond motifs is 1. The van der Waals surface area contributed by atoms with E-state index in [9.17, 15) is 9.59 Å². The summed E-state index contributed by atoms with van der Waals surface area (Å²) in [5.41, 5.74) is 0.610. The lowest BCUT2D eigenvalue weighted by Crippen LogP contribution is -2.21. The van der Waals surface area contributed by atoms with Gasteiger partial charge in [-0.1, -0.05) is 6.58 Å². The van der Waals surface area contributed by atoms with Gasteiger partial charge in [0.05, 0.1) is 17.7 Å². The van der Waals surface area contributed by atoms with Gasteiger partial charge in [-0.3, -0.25) is 9.36 Å². The average Bonchev–Trinajstić information content (AvgIpc) is 3.09. The summed E-state index contributed by atoms with van der Waals surface area (Å²) in [4.78, 5) is 33.3. The fourth-order valence-corrected chi connectivity index (χ4v) is 2.78. The fraction of sp³-hybridized carbons (Fsp3) is 0.125. The van der Waals surface area contributed by atoms with E-state index in [1.54, 1.807) is 41.3 Å². The number of thiazole rings is 1. The first-order chi connectivity index (χ1) is 11.2. The van der Waals surface area contributed by atoms with Crippen LogP contribution in [0.15, 0.2) is 41.3 Å². The van der Waals surface area contributed by atoms with E-state index in [1.165, 1.54) is 17.5 Å². The summed E-state index contributed by atoms with van der Waals surface area (Å²) in [5.74, 6) is -0.655. The molecular formula is C16H13N3O3S. The Bertz CT molecular complexity index is 945. The highest BCUT2D eigenvalue weighted by Gasteiger charge is 2.18. The third-order valence-corrected chi connectivity index (χ3v) is 3.97. The minimum Gasteiger partial charge on any atom is -0.462 e. The van der Waals surface area contributed by atoms with Gasteiger partial charge >= 0.3 is 5.97 Å². The Morgan fingerprint density at radius 2 is 2.30 bits per heavy atom. The van der Waals surface area contributed by atoms with Gasteiger partial charge in [0.15, 0.2) is 10.8 Å². The molecule has 6 nitrogen and oxygen atoms in total. The Kier molecular flexibility index (Phi) is 4.03. The van der Waals surface area contributed by atoms with E-state index in [0.29, 0.717) is 21.9 Å². The van der Waals surface area contributed by atoms with Gasteiger partial charge in [0.25, 0.3) is 0 Å². The number of carbonyl (C=O) groups excluding carboxylic acids is 1. The zero-order valence-corrected chi connectivity index (χ0v) is 13.2. The number of pyridine rings is 2. The Balaban J connectivity index is 2.37. The summed E-state index contributed by atoms with van der Waals surface area (Å²) in [5, 5.41) is 2.74. The van der Waals surface area contributed by atoms with Crippen LogP contribution in [0.4, 0.5) is 0 Å². The number of hydrogen-bond acceptors (Lipinski definition) is 6. The van der Waals surface area contributed by atoms with E-state index in [4.69, 9.17) is 4.74 Å². The first-order valence-electron chi connectivity index (χ1n) is 6.91. The second-order valence-electron chi connectivity index (χ2n) is 4.59. The molecular weight excluding hydrogens is 314 g/mol. The van der Waals surface area contributed by atoms with E-state index in [2.05, 4.69) is 16.5 Å². The summed E-state index contributed by atoms with van der Waals surface area (Å²) < 4.78 is 6.59. The number of ether oxygens (including phenoxy) is 1. The molecule has 3 rings (SSSR count). The van der Waals surface area contributed by atoms with Crippen LogP contribution in [0.2, 0.25) is 0 Å². The van der Waals surface area contributed by atoms with Crippen LogP contribution in [0.5, 0.6) is 0 Å². The molecule has 0 aliphatic heterocycles. The molecule has 23 heavy (non-hydrogen) atoms. The minimum absolute atomic E-state index is 0.0392. The molecule has 0 bridgehead atoms. The summed E-state index contributed by atoms with van der Waals surface area (Å²) in [6.07, 6.45) is 4.67. The molecule has 0 aromatic carbocycles. The molecule has 3 heterocycles. The Labute approximate surface area is 135 Å². The Hall–Kier alpha value is -2.80. The van der Waals surface area contributed by atoms with E-state index in [1.807, 2.05) is 0 Å². The molecule has 0 unspecified atom stereocenters. The maximum Gasteiger partial charge on any atom is 0.343 e. The van der Waals surface area contributed by atoms with Crippen molar-refractivity contribution in [3.63, 3.8) is 0 Å². The van der Waals surface area contributed by atoms with Gasteiger partial charge in [-0.05, 0) is 25.1 Å². The van der Waals surface area contributed by atoms with Crippen LogP contribution in [-0.2, 0) is 4.74 Å². The minimum atomic E-state index is -0.655. The van der Waals surface area contributed by atoms with Crippen molar-refractivity contribution >= 4 is 34.4 Å². The highest BCUT2D eigenvalue weighted by molar-refractivity contribution is 7.12. The summed E-state index contributed by atoms with van der Waals surface area (Å²) >= 11 is 1.38. The van der Waals surface area contributed by atoms with E-state index in [-0.39, 0.29) is 12.2 Å². The number of aromatic nitrogens is 3. The van der Waals surface area contributed by atoms with Crippen LogP contribution in [0.25, 0.3) is 22.2 Å². The maximum absolute atomic E-state index is 12.6. The Morgan fingerprint density at radius 3 is 2.96 bits per heavy atom.